The number of nitrogens with zero attached hydrogens (tertiary/aromatic N) is 3. The Morgan fingerprint density at radius 2 is 1.89 bits per heavy atom. The molecule has 0 unspecified atom stereocenters. The maximum absolute atomic E-state index is 5.66. The molecule has 4 heteroatoms. The van der Waals surface area contributed by atoms with E-state index in [0.29, 0.717) is 0 Å². The second-order valence-corrected chi connectivity index (χ2v) is 4.51. The van der Waals surface area contributed by atoms with E-state index in [4.69, 9.17) is 5.73 Å². The predicted molar refractivity (Wildman–Crippen MR) is 74.0 cm³/mol. The van der Waals surface area contributed by atoms with Crippen LogP contribution in [0.5, 0.6) is 0 Å². The first-order valence-corrected chi connectivity index (χ1v) is 6.55. The van der Waals surface area contributed by atoms with Crippen molar-refractivity contribution in [1.29, 1.82) is 0 Å². The molecule has 0 aliphatic carbocycles. The summed E-state index contributed by atoms with van der Waals surface area (Å²) < 4.78 is 1.92. The van der Waals surface area contributed by atoms with Crippen LogP contribution in [0.25, 0.3) is 11.4 Å². The fourth-order valence-corrected chi connectivity index (χ4v) is 1.87. The lowest BCUT2D eigenvalue weighted by atomic mass is 10.2. The molecule has 1 heterocycles. The standard InChI is InChI=1S/C14H20N4/c1-2-3-4-5-10-18-11-16-14(17-18)12-6-8-13(15)9-7-12/h6-9,11H,2-5,10,15H2,1H3. The number of aromatic nitrogens is 3. The van der Waals surface area contributed by atoms with Gasteiger partial charge in [0.15, 0.2) is 5.82 Å². The Balaban J connectivity index is 1.95. The highest BCUT2D eigenvalue weighted by Gasteiger charge is 2.03. The van der Waals surface area contributed by atoms with Crippen molar-refractivity contribution in [3.63, 3.8) is 0 Å². The molecule has 2 N–H and O–H groups in total. The SMILES string of the molecule is CCCCCCn1cnc(-c2ccc(N)cc2)n1. The van der Waals surface area contributed by atoms with Gasteiger partial charge in [-0.3, -0.25) is 4.68 Å². The van der Waals surface area contributed by atoms with Gasteiger partial charge < -0.3 is 5.73 Å². The van der Waals surface area contributed by atoms with Crippen LogP contribution in [-0.2, 0) is 6.54 Å². The fraction of sp³-hybridized carbons (Fsp3) is 0.429. The quantitative estimate of drug-likeness (QED) is 0.627. The molecule has 4 nitrogen and oxygen atoms in total. The minimum absolute atomic E-state index is 0.762. The highest BCUT2D eigenvalue weighted by atomic mass is 15.3. The average molecular weight is 244 g/mol. The van der Waals surface area contributed by atoms with E-state index in [1.54, 1.807) is 6.33 Å². The first kappa shape index (κ1) is 12.6. The van der Waals surface area contributed by atoms with Crippen molar-refractivity contribution in [2.45, 2.75) is 39.2 Å². The molecule has 0 spiro atoms. The van der Waals surface area contributed by atoms with Crippen LogP contribution in [0.1, 0.15) is 32.6 Å². The molecule has 2 rings (SSSR count). The molecule has 0 amide bonds. The number of rotatable bonds is 6. The average Bonchev–Trinajstić information content (AvgIpc) is 2.84. The lowest BCUT2D eigenvalue weighted by Crippen LogP contribution is -1.98. The molecular formula is C14H20N4. The summed E-state index contributed by atoms with van der Waals surface area (Å²) in [5.74, 6) is 0.769. The number of aryl methyl sites for hydroxylation is 1. The molecule has 0 aliphatic heterocycles. The first-order chi connectivity index (χ1) is 8.79. The topological polar surface area (TPSA) is 56.7 Å². The molecule has 1 aromatic heterocycles. The summed E-state index contributed by atoms with van der Waals surface area (Å²) in [7, 11) is 0. The summed E-state index contributed by atoms with van der Waals surface area (Å²) in [6, 6.07) is 7.65. The maximum atomic E-state index is 5.66. The van der Waals surface area contributed by atoms with Crippen molar-refractivity contribution >= 4 is 5.69 Å². The van der Waals surface area contributed by atoms with Crippen LogP contribution in [0.2, 0.25) is 0 Å². The molecule has 0 radical (unpaired) electrons. The number of hydrogen-bond donors (Lipinski definition) is 1. The fourth-order valence-electron chi connectivity index (χ4n) is 1.87. The van der Waals surface area contributed by atoms with Crippen molar-refractivity contribution in [3.05, 3.63) is 30.6 Å². The summed E-state index contributed by atoms with van der Waals surface area (Å²) in [4.78, 5) is 4.33. The van der Waals surface area contributed by atoms with Crippen LogP contribution < -0.4 is 5.73 Å². The van der Waals surface area contributed by atoms with Crippen LogP contribution in [0.3, 0.4) is 0 Å². The summed E-state index contributed by atoms with van der Waals surface area (Å²) in [5.41, 5.74) is 7.43. The zero-order valence-corrected chi connectivity index (χ0v) is 10.8. The zero-order chi connectivity index (χ0) is 12.8. The molecule has 96 valence electrons. The molecule has 18 heavy (non-hydrogen) atoms. The number of nitrogen functional groups attached to an aromatic ring is 1. The Hall–Kier alpha value is -1.84. The van der Waals surface area contributed by atoms with E-state index in [1.165, 1.54) is 25.7 Å². The molecule has 0 saturated carbocycles. The van der Waals surface area contributed by atoms with Gasteiger partial charge in [-0.15, -0.1) is 0 Å². The van der Waals surface area contributed by atoms with Crippen LogP contribution in [0, 0.1) is 0 Å². The van der Waals surface area contributed by atoms with Gasteiger partial charge in [-0.05, 0) is 30.7 Å². The molecule has 0 atom stereocenters. The van der Waals surface area contributed by atoms with E-state index in [2.05, 4.69) is 17.0 Å². The summed E-state index contributed by atoms with van der Waals surface area (Å²) in [6.07, 6.45) is 6.77. The van der Waals surface area contributed by atoms with Gasteiger partial charge in [0.05, 0.1) is 0 Å². The van der Waals surface area contributed by atoms with Crippen LogP contribution in [0.15, 0.2) is 30.6 Å². The highest BCUT2D eigenvalue weighted by Crippen LogP contribution is 2.16. The van der Waals surface area contributed by atoms with Gasteiger partial charge in [-0.2, -0.15) is 5.10 Å². The Bertz CT molecular complexity index is 473. The van der Waals surface area contributed by atoms with Gasteiger partial charge in [-0.1, -0.05) is 26.2 Å². The summed E-state index contributed by atoms with van der Waals surface area (Å²) >= 11 is 0. The van der Waals surface area contributed by atoms with Crippen molar-refractivity contribution in [3.8, 4) is 11.4 Å². The zero-order valence-electron chi connectivity index (χ0n) is 10.8. The monoisotopic (exact) mass is 244 g/mol. The third kappa shape index (κ3) is 3.32. The van der Waals surface area contributed by atoms with Gasteiger partial charge in [-0.25, -0.2) is 4.98 Å². The Kier molecular flexibility index (Phi) is 4.34. The van der Waals surface area contributed by atoms with Crippen LogP contribution in [-0.4, -0.2) is 14.8 Å². The second-order valence-electron chi connectivity index (χ2n) is 4.51. The number of benzene rings is 1. The molecule has 0 saturated heterocycles. The largest absolute Gasteiger partial charge is 0.399 e. The molecule has 0 bridgehead atoms. The number of unbranched alkanes of at least 4 members (excludes halogenated alkanes) is 3. The van der Waals surface area contributed by atoms with Crippen molar-refractivity contribution in [1.82, 2.24) is 14.8 Å². The molecule has 1 aromatic carbocycles. The van der Waals surface area contributed by atoms with E-state index >= 15 is 0 Å². The van der Waals surface area contributed by atoms with Crippen LogP contribution >= 0.6 is 0 Å². The number of hydrogen-bond acceptors (Lipinski definition) is 3. The third-order valence-electron chi connectivity index (χ3n) is 2.95. The maximum Gasteiger partial charge on any atom is 0.181 e. The van der Waals surface area contributed by atoms with Crippen molar-refractivity contribution < 1.29 is 0 Å². The number of anilines is 1. The lowest BCUT2D eigenvalue weighted by Gasteiger charge is -1.99. The Morgan fingerprint density at radius 1 is 1.11 bits per heavy atom. The second kappa shape index (κ2) is 6.19. The van der Waals surface area contributed by atoms with Gasteiger partial charge in [0.2, 0.25) is 0 Å². The lowest BCUT2D eigenvalue weighted by molar-refractivity contribution is 0.541. The minimum atomic E-state index is 0.762. The van der Waals surface area contributed by atoms with Crippen molar-refractivity contribution in [2.24, 2.45) is 0 Å². The van der Waals surface area contributed by atoms with Gasteiger partial charge >= 0.3 is 0 Å². The molecule has 0 aliphatic rings. The van der Waals surface area contributed by atoms with E-state index in [9.17, 15) is 0 Å². The first-order valence-electron chi connectivity index (χ1n) is 6.55. The van der Waals surface area contributed by atoms with Gasteiger partial charge in [0.25, 0.3) is 0 Å². The summed E-state index contributed by atoms with van der Waals surface area (Å²) in [5, 5.41) is 4.47. The van der Waals surface area contributed by atoms with E-state index in [-0.39, 0.29) is 0 Å². The highest BCUT2D eigenvalue weighted by molar-refractivity contribution is 5.57. The predicted octanol–water partition coefficient (Wildman–Crippen LogP) is 3.11. The third-order valence-corrected chi connectivity index (χ3v) is 2.95. The smallest absolute Gasteiger partial charge is 0.181 e. The number of nitrogens with two attached hydrogens (primary N) is 1. The van der Waals surface area contributed by atoms with E-state index in [0.717, 1.165) is 23.6 Å². The van der Waals surface area contributed by atoms with Gasteiger partial charge in [0.1, 0.15) is 6.33 Å². The molecule has 0 fully saturated rings. The van der Waals surface area contributed by atoms with Crippen molar-refractivity contribution in [2.75, 3.05) is 5.73 Å². The summed E-state index contributed by atoms with van der Waals surface area (Å²) in [6.45, 7) is 3.16. The Morgan fingerprint density at radius 3 is 2.61 bits per heavy atom. The van der Waals surface area contributed by atoms with E-state index < -0.39 is 0 Å². The van der Waals surface area contributed by atoms with Crippen LogP contribution in [0.4, 0.5) is 5.69 Å². The van der Waals surface area contributed by atoms with Gasteiger partial charge in [0, 0.05) is 17.8 Å². The molecule has 2 aromatic rings. The Labute approximate surface area is 108 Å². The normalized spacial score (nSPS) is 10.7. The minimum Gasteiger partial charge on any atom is -0.399 e. The molecular weight excluding hydrogens is 224 g/mol. The van der Waals surface area contributed by atoms with E-state index in [1.807, 2.05) is 28.9 Å².